The Morgan fingerprint density at radius 1 is 1.53 bits per heavy atom. The van der Waals surface area contributed by atoms with Crippen molar-refractivity contribution in [3.8, 4) is 0 Å². The van der Waals surface area contributed by atoms with Gasteiger partial charge < -0.3 is 5.32 Å². The second-order valence-corrected chi connectivity index (χ2v) is 4.34. The minimum absolute atomic E-state index is 0.162. The molecule has 0 heterocycles. The van der Waals surface area contributed by atoms with Crippen molar-refractivity contribution in [2.24, 2.45) is 0 Å². The summed E-state index contributed by atoms with van der Waals surface area (Å²) in [5, 5.41) is 13.9. The van der Waals surface area contributed by atoms with Gasteiger partial charge in [-0.05, 0) is 25.3 Å². The van der Waals surface area contributed by atoms with Gasteiger partial charge in [0.15, 0.2) is 0 Å². The lowest BCUT2D eigenvalue weighted by Gasteiger charge is -2.10. The van der Waals surface area contributed by atoms with E-state index in [1.807, 2.05) is 6.07 Å². The Morgan fingerprint density at radius 3 is 2.87 bits per heavy atom. The van der Waals surface area contributed by atoms with Crippen LogP contribution in [-0.4, -0.2) is 10.5 Å². The van der Waals surface area contributed by atoms with Crippen molar-refractivity contribution < 1.29 is 4.92 Å². The normalized spacial score (nSPS) is 17.4. The van der Waals surface area contributed by atoms with Gasteiger partial charge >= 0.3 is 0 Å². The topological polar surface area (TPSA) is 55.2 Å². The third-order valence-corrected chi connectivity index (χ3v) is 2.84. The van der Waals surface area contributed by atoms with Crippen LogP contribution in [0.4, 0.5) is 5.69 Å². The fourth-order valence-electron chi connectivity index (χ4n) is 1.46. The first kappa shape index (κ1) is 10.1. The molecular formula is C11H14N2O2. The summed E-state index contributed by atoms with van der Waals surface area (Å²) in [6.07, 6.45) is 2.39. The van der Waals surface area contributed by atoms with Crippen molar-refractivity contribution in [1.82, 2.24) is 5.32 Å². The van der Waals surface area contributed by atoms with Crippen LogP contribution in [0.15, 0.2) is 24.3 Å². The van der Waals surface area contributed by atoms with Gasteiger partial charge in [0.25, 0.3) is 5.69 Å². The quantitative estimate of drug-likeness (QED) is 0.607. The van der Waals surface area contributed by atoms with Crippen molar-refractivity contribution in [3.63, 3.8) is 0 Å². The summed E-state index contributed by atoms with van der Waals surface area (Å²) in [7, 11) is 0. The van der Waals surface area contributed by atoms with Crippen LogP contribution in [0.25, 0.3) is 0 Å². The number of hydrogen-bond acceptors (Lipinski definition) is 3. The van der Waals surface area contributed by atoms with Crippen LogP contribution in [0.1, 0.15) is 25.3 Å². The number of hydrogen-bond donors (Lipinski definition) is 1. The van der Waals surface area contributed by atoms with E-state index >= 15 is 0 Å². The van der Waals surface area contributed by atoms with E-state index in [-0.39, 0.29) is 16.1 Å². The summed E-state index contributed by atoms with van der Waals surface area (Å²) in [6.45, 7) is 2.88. The van der Waals surface area contributed by atoms with E-state index in [0.29, 0.717) is 6.54 Å². The highest BCUT2D eigenvalue weighted by atomic mass is 16.6. The summed E-state index contributed by atoms with van der Waals surface area (Å²) in [5.74, 6) is 0. The van der Waals surface area contributed by atoms with Gasteiger partial charge in [-0.2, -0.15) is 0 Å². The minimum atomic E-state index is -0.359. The Hall–Kier alpha value is -1.42. The van der Waals surface area contributed by atoms with E-state index in [0.717, 1.165) is 5.56 Å². The SMILES string of the molecule is CC1(NCc2cccc([N+](=O)[O-])c2)CC1. The largest absolute Gasteiger partial charge is 0.307 e. The maximum absolute atomic E-state index is 10.6. The Labute approximate surface area is 88.5 Å². The molecule has 4 heteroatoms. The zero-order chi connectivity index (χ0) is 10.9. The number of nitrogens with one attached hydrogen (secondary N) is 1. The molecule has 1 fully saturated rings. The molecule has 0 amide bonds. The summed E-state index contributed by atoms with van der Waals surface area (Å²) >= 11 is 0. The number of rotatable bonds is 4. The van der Waals surface area contributed by atoms with Crippen LogP contribution in [0, 0.1) is 10.1 Å². The molecule has 1 aromatic carbocycles. The molecule has 0 atom stereocenters. The molecule has 0 aromatic heterocycles. The lowest BCUT2D eigenvalue weighted by Crippen LogP contribution is -2.26. The molecular weight excluding hydrogens is 192 g/mol. The Balaban J connectivity index is 2.01. The van der Waals surface area contributed by atoms with Gasteiger partial charge in [0, 0.05) is 24.2 Å². The second-order valence-electron chi connectivity index (χ2n) is 4.34. The highest BCUT2D eigenvalue weighted by Crippen LogP contribution is 2.34. The smallest absolute Gasteiger partial charge is 0.269 e. The molecule has 1 saturated carbocycles. The molecule has 4 nitrogen and oxygen atoms in total. The van der Waals surface area contributed by atoms with E-state index in [4.69, 9.17) is 0 Å². The average molecular weight is 206 g/mol. The first-order valence-electron chi connectivity index (χ1n) is 5.07. The molecule has 2 rings (SSSR count). The van der Waals surface area contributed by atoms with Gasteiger partial charge in [-0.3, -0.25) is 10.1 Å². The lowest BCUT2D eigenvalue weighted by atomic mass is 10.2. The molecule has 0 unspecified atom stereocenters. The number of benzene rings is 1. The van der Waals surface area contributed by atoms with Crippen LogP contribution in [0.3, 0.4) is 0 Å². The van der Waals surface area contributed by atoms with Crippen LogP contribution < -0.4 is 5.32 Å². The zero-order valence-electron chi connectivity index (χ0n) is 8.69. The van der Waals surface area contributed by atoms with E-state index in [2.05, 4.69) is 12.2 Å². The first-order valence-corrected chi connectivity index (χ1v) is 5.07. The van der Waals surface area contributed by atoms with E-state index in [1.165, 1.54) is 18.9 Å². The monoisotopic (exact) mass is 206 g/mol. The standard InChI is InChI=1S/C11H14N2O2/c1-11(5-6-11)12-8-9-3-2-4-10(7-9)13(14)15/h2-4,7,12H,5-6,8H2,1H3. The van der Waals surface area contributed by atoms with E-state index < -0.39 is 0 Å². The molecule has 0 spiro atoms. The van der Waals surface area contributed by atoms with Crippen LogP contribution in [0.5, 0.6) is 0 Å². The maximum Gasteiger partial charge on any atom is 0.269 e. The number of nitro benzene ring substituents is 1. The molecule has 0 saturated heterocycles. The second kappa shape index (κ2) is 3.62. The van der Waals surface area contributed by atoms with Crippen molar-refractivity contribution in [2.45, 2.75) is 31.8 Å². The van der Waals surface area contributed by atoms with Gasteiger partial charge in [-0.15, -0.1) is 0 Å². The molecule has 1 N–H and O–H groups in total. The summed E-state index contributed by atoms with van der Waals surface area (Å²) in [5.41, 5.74) is 1.40. The van der Waals surface area contributed by atoms with Gasteiger partial charge in [0.1, 0.15) is 0 Å². The lowest BCUT2D eigenvalue weighted by molar-refractivity contribution is -0.384. The average Bonchev–Trinajstić information content (AvgIpc) is 2.95. The summed E-state index contributed by atoms with van der Waals surface area (Å²) in [6, 6.07) is 6.77. The fraction of sp³-hybridized carbons (Fsp3) is 0.455. The van der Waals surface area contributed by atoms with Gasteiger partial charge in [-0.25, -0.2) is 0 Å². The first-order chi connectivity index (χ1) is 7.09. The Kier molecular flexibility index (Phi) is 2.44. The predicted molar refractivity (Wildman–Crippen MR) is 57.6 cm³/mol. The van der Waals surface area contributed by atoms with Gasteiger partial charge in [0.05, 0.1) is 4.92 Å². The van der Waals surface area contributed by atoms with Crippen LogP contribution in [-0.2, 0) is 6.54 Å². The number of nitro groups is 1. The fourth-order valence-corrected chi connectivity index (χ4v) is 1.46. The molecule has 1 aromatic rings. The summed E-state index contributed by atoms with van der Waals surface area (Å²) in [4.78, 5) is 10.2. The van der Waals surface area contributed by atoms with Crippen molar-refractivity contribution in [1.29, 1.82) is 0 Å². The minimum Gasteiger partial charge on any atom is -0.307 e. The zero-order valence-corrected chi connectivity index (χ0v) is 8.69. The molecule has 15 heavy (non-hydrogen) atoms. The van der Waals surface area contributed by atoms with Gasteiger partial charge in [-0.1, -0.05) is 12.1 Å². The van der Waals surface area contributed by atoms with Crippen molar-refractivity contribution in [3.05, 3.63) is 39.9 Å². The highest BCUT2D eigenvalue weighted by Gasteiger charge is 2.36. The molecule has 0 radical (unpaired) electrons. The molecule has 1 aliphatic carbocycles. The molecule has 0 bridgehead atoms. The Morgan fingerprint density at radius 2 is 2.27 bits per heavy atom. The van der Waals surface area contributed by atoms with Crippen molar-refractivity contribution >= 4 is 5.69 Å². The number of non-ortho nitro benzene ring substituents is 1. The predicted octanol–water partition coefficient (Wildman–Crippen LogP) is 2.24. The number of nitrogens with zero attached hydrogens (tertiary/aromatic N) is 1. The third-order valence-electron chi connectivity index (χ3n) is 2.84. The maximum atomic E-state index is 10.6. The van der Waals surface area contributed by atoms with Crippen LogP contribution in [0.2, 0.25) is 0 Å². The van der Waals surface area contributed by atoms with Crippen LogP contribution >= 0.6 is 0 Å². The summed E-state index contributed by atoms with van der Waals surface area (Å²) < 4.78 is 0. The highest BCUT2D eigenvalue weighted by molar-refractivity contribution is 5.34. The molecule has 1 aliphatic rings. The molecule has 80 valence electrons. The third kappa shape index (κ3) is 2.53. The van der Waals surface area contributed by atoms with Crippen molar-refractivity contribution in [2.75, 3.05) is 0 Å². The van der Waals surface area contributed by atoms with E-state index in [1.54, 1.807) is 12.1 Å². The molecule has 0 aliphatic heterocycles. The van der Waals surface area contributed by atoms with E-state index in [9.17, 15) is 10.1 Å². The Bertz CT molecular complexity index is 386. The van der Waals surface area contributed by atoms with Gasteiger partial charge in [0.2, 0.25) is 0 Å².